The van der Waals surface area contributed by atoms with Crippen molar-refractivity contribution in [3.05, 3.63) is 269 Å². The van der Waals surface area contributed by atoms with Crippen molar-refractivity contribution in [1.82, 2.24) is 23.1 Å². The van der Waals surface area contributed by atoms with E-state index in [1.165, 1.54) is 14.2 Å². The van der Waals surface area contributed by atoms with Gasteiger partial charge in [-0.05, 0) is 102 Å². The number of nitrogens with one attached hydrogen (secondary N) is 1. The zero-order valence-electron chi connectivity index (χ0n) is 66.1. The van der Waals surface area contributed by atoms with Crippen LogP contribution in [0.2, 0.25) is 18.1 Å². The first-order chi connectivity index (χ1) is 50.0. The van der Waals surface area contributed by atoms with Crippen molar-refractivity contribution in [2.45, 2.75) is 164 Å². The van der Waals surface area contributed by atoms with Crippen LogP contribution in [0.3, 0.4) is 0 Å². The molecule has 13 rings (SSSR count). The van der Waals surface area contributed by atoms with Crippen molar-refractivity contribution < 1.29 is 131 Å². The van der Waals surface area contributed by atoms with Gasteiger partial charge in [0, 0.05) is 47.1 Å². The number of amides is 1. The summed E-state index contributed by atoms with van der Waals surface area (Å²) in [6.45, 7) is 26.4. The molecule has 1 amide bonds. The van der Waals surface area contributed by atoms with E-state index in [9.17, 15) is 50.2 Å². The summed E-state index contributed by atoms with van der Waals surface area (Å²) in [4.78, 5) is 38.2. The number of likely N-dealkylation sites (tertiary alicyclic amines) is 1. The van der Waals surface area contributed by atoms with E-state index in [1.54, 1.807) is 94.1 Å². The van der Waals surface area contributed by atoms with Crippen LogP contribution in [0.1, 0.15) is 138 Å². The normalized spacial score (nSPS) is 20.5. The second kappa shape index (κ2) is 45.5. The van der Waals surface area contributed by atoms with Crippen molar-refractivity contribution in [1.29, 1.82) is 0 Å². The fourth-order valence-corrected chi connectivity index (χ4v) is 16.6. The molecule has 0 saturated carbocycles. The first-order valence-electron chi connectivity index (χ1n) is 35.0. The van der Waals surface area contributed by atoms with Gasteiger partial charge >= 0.3 is 59.1 Å². The molecule has 0 bridgehead atoms. The molecule has 20 nitrogen and oxygen atoms in total. The molecule has 5 fully saturated rings. The van der Waals surface area contributed by atoms with E-state index in [-0.39, 0.29) is 147 Å². The Morgan fingerprint density at radius 3 is 1.14 bits per heavy atom. The third kappa shape index (κ3) is 26.2. The topological polar surface area (TPSA) is 292 Å². The number of ketones is 1. The number of nitrogens with zero attached hydrogens (tertiary/aromatic N) is 4. The third-order valence-electron chi connectivity index (χ3n) is 19.4. The van der Waals surface area contributed by atoms with E-state index in [2.05, 4.69) is 51.0 Å². The summed E-state index contributed by atoms with van der Waals surface area (Å²) in [5.74, 6) is 0.397. The quantitative estimate of drug-likeness (QED) is 0.0255. The van der Waals surface area contributed by atoms with Crippen LogP contribution in [0.15, 0.2) is 239 Å². The SMILES string of the molecule is C.CC(C)(C)[Si](C)(C)Cl.CCC(C)(C)C(=O)N1CC(O)[C@H]1c1ccccc1.CO.Cc1ccc(S(=O)(=O)N2CC(=O)[C@H]2c2ccccc2)cc1.Cc1ccc(S(=O)(=O)N2CC(C)[C@H]2c2ccccc2)cc1.Cc1ccc(S(=O)(=O)N2CC(O)[C@H]2c2ccccc2)cc1.O=CO[O-].OC1CN[C@@H]1c1ccccc1.[B].[H-].[Na+].[Na+]. The number of aliphatic hydroxyl groups is 4. The number of benzene rings is 8. The molecule has 0 spiro atoms. The predicted molar refractivity (Wildman–Crippen MR) is 429 cm³/mol. The molecular formula is C82H108BClN5Na2O15S3Si. The number of aryl methyl sites for hydroxylation is 3. The van der Waals surface area contributed by atoms with Crippen LogP contribution in [0.4, 0.5) is 0 Å². The summed E-state index contributed by atoms with van der Waals surface area (Å²) >= 11 is 6.15. The Kier molecular flexibility index (Phi) is 41.6. The Balaban J connectivity index is 0.000000664. The molecule has 8 aromatic carbocycles. The summed E-state index contributed by atoms with van der Waals surface area (Å²) in [5.41, 5.74) is 7.48. The van der Waals surface area contributed by atoms with Crippen molar-refractivity contribution in [2.75, 3.05) is 39.8 Å². The number of hydrogen-bond acceptors (Lipinski definition) is 16. The van der Waals surface area contributed by atoms with Gasteiger partial charge in [-0.25, -0.2) is 25.3 Å². The first-order valence-corrected chi connectivity index (χ1v) is 43.3. The standard InChI is InChI=1S/C17H19NO2S.C16H17NO3S.C16H15NO3S.C15H21NO2.C9H11NO.C6H15ClSi.CH2O3.CH4O.CH4.B.2Na.H/c1-13-8-10-16(11-9-13)21(19,20)18-12-14(2)17(18)15-6-4-3-5-7-15;2*1-12-7-9-14(10-8-12)21(19,20)17-11-15(18)16(17)13-5-3-2-4-6-13;1-4-15(2,3)14(18)16-10-12(17)13(16)11-8-6-5-7-9-11;11-8-6-10-9(8)7-4-2-1-3-5-7;1-6(2,3)8(4,5)7;2-1-4-3;1-2;;;;;/h3-11,14,17H,12H2,1-2H3;2-10,15-16,18H,11H2,1H3;2-10,16H,11H2,1H3;5-9,12-13,17H,4,10H2,1-3H3;1-5,8-11H,6H2;1-5H3;1,3H;2H,1H3;1H4;;;;/q;;;;;;;;;;2*+1;-1/p-1/t14?,17-;15?,16-;16-;12?,13-;8?,9-;;;;;;;;/m01111......../s1. The number of hydrogen-bond donors (Lipinski definition) is 5. The summed E-state index contributed by atoms with van der Waals surface area (Å²) in [6.07, 6.45) is -0.492. The molecule has 5 saturated heterocycles. The van der Waals surface area contributed by atoms with Crippen LogP contribution in [-0.2, 0) is 49.3 Å². The molecule has 585 valence electrons. The average molecular weight is 1620 g/mol. The second-order valence-electron chi connectivity index (χ2n) is 28.6. The number of sulfonamides is 3. The number of carbonyl (C=O) groups is 3. The first kappa shape index (κ1) is 101. The monoisotopic (exact) mass is 1620 g/mol. The Morgan fingerprint density at radius 2 is 0.855 bits per heavy atom. The van der Waals surface area contributed by atoms with E-state index in [0.29, 0.717) is 34.5 Å². The number of β-amino-alcohol motifs (C(OH)–C–C–N with tert-alkyl or cyclic N) is 3. The average Bonchev–Trinajstić information content (AvgIpc) is 0.761. The molecule has 5 N–H and O–H groups in total. The zero-order valence-corrected chi connectivity index (χ0v) is 73.3. The molecule has 5 heterocycles. The van der Waals surface area contributed by atoms with E-state index in [1.807, 2.05) is 181 Å². The van der Waals surface area contributed by atoms with E-state index in [4.69, 9.17) is 26.2 Å². The largest absolute Gasteiger partial charge is 1.00 e. The molecule has 3 radical (unpaired) electrons. The fourth-order valence-electron chi connectivity index (χ4n) is 11.5. The number of carbonyl (C=O) groups excluding carboxylic acids is 3. The van der Waals surface area contributed by atoms with Crippen LogP contribution in [0, 0.1) is 32.1 Å². The van der Waals surface area contributed by atoms with Gasteiger partial charge < -0.3 is 42.2 Å². The van der Waals surface area contributed by atoms with Crippen LogP contribution in [-0.4, -0.2) is 156 Å². The predicted octanol–water partition coefficient (Wildman–Crippen LogP) is 6.50. The maximum Gasteiger partial charge on any atom is 1.00 e. The third-order valence-corrected chi connectivity index (χ3v) is 30.2. The number of aliphatic hydroxyl groups excluding tert-OH is 4. The van der Waals surface area contributed by atoms with Gasteiger partial charge in [-0.2, -0.15) is 24.0 Å². The Hall–Kier alpha value is -5.57. The number of halogens is 1. The molecule has 5 aliphatic rings. The van der Waals surface area contributed by atoms with Crippen molar-refractivity contribution >= 4 is 75.1 Å². The maximum atomic E-state index is 12.8. The minimum absolute atomic E-state index is 0. The summed E-state index contributed by atoms with van der Waals surface area (Å²) in [7, 11) is -11.0. The van der Waals surface area contributed by atoms with Crippen LogP contribution in [0.25, 0.3) is 0 Å². The molecule has 8 aromatic rings. The minimum Gasteiger partial charge on any atom is -1.00 e. The van der Waals surface area contributed by atoms with Gasteiger partial charge in [0.1, 0.15) is 6.04 Å². The van der Waals surface area contributed by atoms with Gasteiger partial charge in [0.05, 0.1) is 63.7 Å². The maximum absolute atomic E-state index is 12.8. The van der Waals surface area contributed by atoms with Crippen molar-refractivity contribution in [2.24, 2.45) is 11.3 Å². The number of rotatable bonds is 14. The van der Waals surface area contributed by atoms with Gasteiger partial charge in [-0.3, -0.25) is 14.4 Å². The Morgan fingerprint density at radius 1 is 0.545 bits per heavy atom. The van der Waals surface area contributed by atoms with E-state index < -0.39 is 61.7 Å². The van der Waals surface area contributed by atoms with Gasteiger partial charge in [0.15, 0.2) is 13.2 Å². The summed E-state index contributed by atoms with van der Waals surface area (Å²) in [6, 6.07) is 67.1. The Labute approximate surface area is 707 Å². The molecule has 0 aromatic heterocycles. The van der Waals surface area contributed by atoms with Gasteiger partial charge in [0.2, 0.25) is 36.0 Å². The molecule has 5 aliphatic heterocycles. The van der Waals surface area contributed by atoms with Crippen molar-refractivity contribution in [3.63, 3.8) is 0 Å². The molecular weight excluding hydrogens is 1510 g/mol. The van der Waals surface area contributed by atoms with Crippen LogP contribution in [0.5, 0.6) is 0 Å². The molecule has 4 unspecified atom stereocenters. The second-order valence-corrected chi connectivity index (χ2v) is 41.5. The fraction of sp³-hybridized carbons (Fsp3) is 0.378. The van der Waals surface area contributed by atoms with Gasteiger partial charge in [-0.15, -0.1) is 0 Å². The van der Waals surface area contributed by atoms with Gasteiger partial charge in [0.25, 0.3) is 6.47 Å². The molecule has 0 aliphatic carbocycles. The van der Waals surface area contributed by atoms with E-state index in [0.717, 1.165) is 53.5 Å². The van der Waals surface area contributed by atoms with E-state index >= 15 is 0 Å². The Bertz CT molecular complexity index is 4290. The zero-order chi connectivity index (χ0) is 78.5. The van der Waals surface area contributed by atoms with Crippen molar-refractivity contribution in [3.8, 4) is 0 Å². The molecule has 110 heavy (non-hydrogen) atoms. The number of Topliss-reactive ketones (excluding diaryl/α,β-unsaturated/α-hetero) is 1. The van der Waals surface area contributed by atoms with Crippen LogP contribution < -0.4 is 69.7 Å². The molecule has 9 atom stereocenters. The summed E-state index contributed by atoms with van der Waals surface area (Å²) < 4.78 is 80.4. The van der Waals surface area contributed by atoms with Gasteiger partial charge in [-0.1, -0.05) is 274 Å². The summed E-state index contributed by atoms with van der Waals surface area (Å²) in [5, 5.41) is 48.1. The van der Waals surface area contributed by atoms with Crippen LogP contribution >= 0.6 is 11.1 Å². The minimum atomic E-state index is -3.64. The smallest absolute Gasteiger partial charge is 1.00 e. The molecule has 28 heteroatoms.